The summed E-state index contributed by atoms with van der Waals surface area (Å²) >= 11 is 0. The SMILES string of the molecule is C=Cc1ccccc1C=C.O. The van der Waals surface area contributed by atoms with Gasteiger partial charge in [0.05, 0.1) is 0 Å². The van der Waals surface area contributed by atoms with E-state index in [9.17, 15) is 0 Å². The summed E-state index contributed by atoms with van der Waals surface area (Å²) < 4.78 is 0. The second-order valence-corrected chi connectivity index (χ2v) is 2.04. The molecule has 0 unspecified atom stereocenters. The lowest BCUT2D eigenvalue weighted by Crippen LogP contribution is -1.76. The third kappa shape index (κ3) is 2.06. The summed E-state index contributed by atoms with van der Waals surface area (Å²) in [6.07, 6.45) is 3.66. The zero-order valence-corrected chi connectivity index (χ0v) is 6.38. The van der Waals surface area contributed by atoms with Crippen LogP contribution in [0.5, 0.6) is 0 Å². The van der Waals surface area contributed by atoms with Gasteiger partial charge in [0.2, 0.25) is 0 Å². The maximum Gasteiger partial charge on any atom is -0.0190 e. The number of hydrogen-bond donors (Lipinski definition) is 0. The Morgan fingerprint density at radius 3 is 1.55 bits per heavy atom. The Morgan fingerprint density at radius 1 is 0.909 bits per heavy atom. The zero-order valence-electron chi connectivity index (χ0n) is 6.38. The van der Waals surface area contributed by atoms with E-state index in [1.54, 1.807) is 0 Å². The van der Waals surface area contributed by atoms with E-state index in [1.165, 1.54) is 0 Å². The van der Waals surface area contributed by atoms with Gasteiger partial charge in [-0.05, 0) is 11.1 Å². The quantitative estimate of drug-likeness (QED) is 0.615. The van der Waals surface area contributed by atoms with E-state index in [4.69, 9.17) is 0 Å². The molecule has 0 aliphatic heterocycles. The van der Waals surface area contributed by atoms with Crippen LogP contribution in [0.25, 0.3) is 12.2 Å². The van der Waals surface area contributed by atoms with E-state index in [0.29, 0.717) is 0 Å². The molecule has 0 aliphatic carbocycles. The summed E-state index contributed by atoms with van der Waals surface area (Å²) in [5.41, 5.74) is 2.27. The first-order chi connectivity index (χ1) is 4.88. The molecule has 0 fully saturated rings. The fourth-order valence-electron chi connectivity index (χ4n) is 0.883. The van der Waals surface area contributed by atoms with Crippen molar-refractivity contribution in [1.29, 1.82) is 0 Å². The first kappa shape index (κ1) is 9.66. The summed E-state index contributed by atoms with van der Waals surface area (Å²) in [6, 6.07) is 8.02. The van der Waals surface area contributed by atoms with E-state index >= 15 is 0 Å². The predicted molar refractivity (Wildman–Crippen MR) is 50.2 cm³/mol. The standard InChI is InChI=1S/C10H10.H2O/c1-3-9-7-5-6-8-10(9)4-2;/h3-8H,1-2H2;1H2. The van der Waals surface area contributed by atoms with Crippen molar-refractivity contribution >= 4 is 12.2 Å². The normalized spacial score (nSPS) is 8.00. The minimum atomic E-state index is 0. The van der Waals surface area contributed by atoms with E-state index in [1.807, 2.05) is 36.4 Å². The van der Waals surface area contributed by atoms with Crippen LogP contribution >= 0.6 is 0 Å². The average Bonchev–Trinajstić information content (AvgIpc) is 2.04. The fourth-order valence-corrected chi connectivity index (χ4v) is 0.883. The molecule has 0 spiro atoms. The van der Waals surface area contributed by atoms with Crippen molar-refractivity contribution < 1.29 is 5.48 Å². The molecule has 1 nitrogen and oxygen atoms in total. The minimum absolute atomic E-state index is 0. The van der Waals surface area contributed by atoms with E-state index < -0.39 is 0 Å². The largest absolute Gasteiger partial charge is 0.412 e. The van der Waals surface area contributed by atoms with E-state index in [-0.39, 0.29) is 5.48 Å². The monoisotopic (exact) mass is 148 g/mol. The Morgan fingerprint density at radius 2 is 1.27 bits per heavy atom. The molecule has 11 heavy (non-hydrogen) atoms. The highest BCUT2D eigenvalue weighted by molar-refractivity contribution is 5.63. The predicted octanol–water partition coefficient (Wildman–Crippen LogP) is 2.15. The first-order valence-electron chi connectivity index (χ1n) is 3.22. The van der Waals surface area contributed by atoms with Crippen LogP contribution in [0.15, 0.2) is 37.4 Å². The zero-order chi connectivity index (χ0) is 7.40. The van der Waals surface area contributed by atoms with Crippen molar-refractivity contribution in [3.8, 4) is 0 Å². The third-order valence-corrected chi connectivity index (χ3v) is 1.44. The molecule has 0 radical (unpaired) electrons. The summed E-state index contributed by atoms with van der Waals surface area (Å²) in [7, 11) is 0. The molecular formula is C10H12O. The maximum absolute atomic E-state index is 3.69. The van der Waals surface area contributed by atoms with Gasteiger partial charge in [-0.1, -0.05) is 49.6 Å². The highest BCUT2D eigenvalue weighted by Gasteiger charge is 1.89. The molecule has 1 rings (SSSR count). The molecule has 0 amide bonds. The van der Waals surface area contributed by atoms with Gasteiger partial charge in [-0.3, -0.25) is 0 Å². The lowest BCUT2D eigenvalue weighted by Gasteiger charge is -1.96. The lowest BCUT2D eigenvalue weighted by atomic mass is 10.1. The molecule has 0 saturated heterocycles. The molecular weight excluding hydrogens is 136 g/mol. The summed E-state index contributed by atoms with van der Waals surface area (Å²) in [5, 5.41) is 0. The van der Waals surface area contributed by atoms with E-state index in [0.717, 1.165) is 11.1 Å². The highest BCUT2D eigenvalue weighted by atomic mass is 16.0. The van der Waals surface area contributed by atoms with Gasteiger partial charge in [0.25, 0.3) is 0 Å². The summed E-state index contributed by atoms with van der Waals surface area (Å²) in [6.45, 7) is 7.38. The van der Waals surface area contributed by atoms with Crippen LogP contribution in [0.4, 0.5) is 0 Å². The molecule has 1 aromatic carbocycles. The van der Waals surface area contributed by atoms with Crippen molar-refractivity contribution in [2.75, 3.05) is 0 Å². The molecule has 0 saturated carbocycles. The summed E-state index contributed by atoms with van der Waals surface area (Å²) in [4.78, 5) is 0. The Bertz CT molecular complexity index is 224. The van der Waals surface area contributed by atoms with Gasteiger partial charge in [0.1, 0.15) is 0 Å². The Balaban J connectivity index is 0.000001000. The first-order valence-corrected chi connectivity index (χ1v) is 3.22. The highest BCUT2D eigenvalue weighted by Crippen LogP contribution is 2.10. The van der Waals surface area contributed by atoms with Crippen molar-refractivity contribution in [3.63, 3.8) is 0 Å². The molecule has 1 heteroatoms. The number of hydrogen-bond acceptors (Lipinski definition) is 0. The van der Waals surface area contributed by atoms with Crippen LogP contribution in [0.3, 0.4) is 0 Å². The lowest BCUT2D eigenvalue weighted by molar-refractivity contribution is 0.824. The Labute approximate surface area is 67.0 Å². The van der Waals surface area contributed by atoms with Gasteiger partial charge in [-0.15, -0.1) is 0 Å². The van der Waals surface area contributed by atoms with Crippen molar-refractivity contribution in [2.24, 2.45) is 0 Å². The topological polar surface area (TPSA) is 31.5 Å². The van der Waals surface area contributed by atoms with Crippen LogP contribution < -0.4 is 0 Å². The van der Waals surface area contributed by atoms with Crippen molar-refractivity contribution in [3.05, 3.63) is 48.6 Å². The van der Waals surface area contributed by atoms with Gasteiger partial charge in [0, 0.05) is 0 Å². The van der Waals surface area contributed by atoms with Crippen LogP contribution in [-0.4, -0.2) is 5.48 Å². The van der Waals surface area contributed by atoms with Crippen LogP contribution in [0, 0.1) is 0 Å². The Hall–Kier alpha value is -1.34. The second kappa shape index (κ2) is 4.47. The molecule has 58 valence electrons. The molecule has 1 aromatic rings. The molecule has 0 heterocycles. The van der Waals surface area contributed by atoms with Crippen molar-refractivity contribution in [1.82, 2.24) is 0 Å². The smallest absolute Gasteiger partial charge is 0.0190 e. The molecule has 0 aliphatic rings. The Kier molecular flexibility index (Phi) is 3.93. The van der Waals surface area contributed by atoms with Gasteiger partial charge < -0.3 is 5.48 Å². The summed E-state index contributed by atoms with van der Waals surface area (Å²) in [5.74, 6) is 0. The molecule has 0 aromatic heterocycles. The molecule has 0 atom stereocenters. The second-order valence-electron chi connectivity index (χ2n) is 2.04. The minimum Gasteiger partial charge on any atom is -0.412 e. The van der Waals surface area contributed by atoms with E-state index in [2.05, 4.69) is 13.2 Å². The molecule has 2 N–H and O–H groups in total. The van der Waals surface area contributed by atoms with Crippen LogP contribution in [0.1, 0.15) is 11.1 Å². The van der Waals surface area contributed by atoms with Gasteiger partial charge in [0.15, 0.2) is 0 Å². The van der Waals surface area contributed by atoms with Crippen LogP contribution in [0.2, 0.25) is 0 Å². The van der Waals surface area contributed by atoms with Crippen molar-refractivity contribution in [2.45, 2.75) is 0 Å². The average molecular weight is 148 g/mol. The third-order valence-electron chi connectivity index (χ3n) is 1.44. The molecule has 0 bridgehead atoms. The van der Waals surface area contributed by atoms with Gasteiger partial charge in [-0.2, -0.15) is 0 Å². The fraction of sp³-hybridized carbons (Fsp3) is 0. The van der Waals surface area contributed by atoms with Gasteiger partial charge in [-0.25, -0.2) is 0 Å². The number of benzene rings is 1. The van der Waals surface area contributed by atoms with Crippen LogP contribution in [-0.2, 0) is 0 Å². The van der Waals surface area contributed by atoms with Gasteiger partial charge >= 0.3 is 0 Å². The maximum atomic E-state index is 3.69. The number of rotatable bonds is 2.